The van der Waals surface area contributed by atoms with Crippen LogP contribution in [0.15, 0.2) is 0 Å². The molecule has 1 aliphatic rings. The van der Waals surface area contributed by atoms with Crippen LogP contribution in [0.1, 0.15) is 35.8 Å². The van der Waals surface area contributed by atoms with Gasteiger partial charge in [-0.25, -0.2) is 0 Å². The molecule has 0 saturated heterocycles. The zero-order valence-corrected chi connectivity index (χ0v) is 8.84. The van der Waals surface area contributed by atoms with Gasteiger partial charge in [0.2, 0.25) is 4.96 Å². The van der Waals surface area contributed by atoms with Gasteiger partial charge in [0.25, 0.3) is 0 Å². The molecule has 0 spiro atoms. The monoisotopic (exact) mass is 208 g/mol. The highest BCUT2D eigenvalue weighted by Crippen LogP contribution is 2.31. The number of rotatable bonds is 1. The van der Waals surface area contributed by atoms with Crippen LogP contribution < -0.4 is 5.73 Å². The van der Waals surface area contributed by atoms with Crippen molar-refractivity contribution in [2.45, 2.75) is 32.2 Å². The lowest BCUT2D eigenvalue weighted by molar-refractivity contribution is 0.716. The number of aromatic nitrogens is 3. The van der Waals surface area contributed by atoms with Gasteiger partial charge in [-0.3, -0.25) is 4.40 Å². The zero-order valence-electron chi connectivity index (χ0n) is 8.03. The number of fused-ring (bicyclic) bond motifs is 3. The molecule has 0 aromatic carbocycles. The molecule has 0 radical (unpaired) electrons. The highest BCUT2D eigenvalue weighted by atomic mass is 32.1. The second kappa shape index (κ2) is 2.77. The topological polar surface area (TPSA) is 56.2 Å². The first-order chi connectivity index (χ1) is 6.77. The van der Waals surface area contributed by atoms with Crippen LogP contribution in [0.4, 0.5) is 0 Å². The molecule has 1 aliphatic carbocycles. The number of aryl methyl sites for hydroxylation is 2. The van der Waals surface area contributed by atoms with Crippen molar-refractivity contribution < 1.29 is 0 Å². The largest absolute Gasteiger partial charge is 0.322 e. The number of hydrogen-bond donors (Lipinski definition) is 1. The predicted octanol–water partition coefficient (Wildman–Crippen LogP) is 1.30. The average Bonchev–Trinajstić information content (AvgIpc) is 2.70. The lowest BCUT2D eigenvalue weighted by Gasteiger charge is -2.02. The number of nitrogens with two attached hydrogens (primary N) is 1. The molecule has 74 valence electrons. The summed E-state index contributed by atoms with van der Waals surface area (Å²) in [6, 6.07) is -0.0377. The van der Waals surface area contributed by atoms with Crippen molar-refractivity contribution in [3.05, 3.63) is 16.4 Å². The quantitative estimate of drug-likeness (QED) is 0.768. The van der Waals surface area contributed by atoms with E-state index in [1.165, 1.54) is 23.4 Å². The maximum absolute atomic E-state index is 5.86. The van der Waals surface area contributed by atoms with Gasteiger partial charge in [-0.05, 0) is 26.2 Å². The second-order valence-corrected chi connectivity index (χ2v) is 4.85. The van der Waals surface area contributed by atoms with Crippen LogP contribution in [0.25, 0.3) is 4.96 Å². The van der Waals surface area contributed by atoms with Crippen LogP contribution in [-0.4, -0.2) is 14.6 Å². The molecule has 0 aliphatic heterocycles. The van der Waals surface area contributed by atoms with E-state index in [2.05, 4.69) is 14.6 Å². The standard InChI is InChI=1S/C9H12N4S/c1-5(10)8-11-12-9-13(8)6-3-2-4-7(6)14-9/h5H,2-4,10H2,1H3. The first-order valence-electron chi connectivity index (χ1n) is 4.88. The van der Waals surface area contributed by atoms with Gasteiger partial charge in [0.05, 0.1) is 6.04 Å². The van der Waals surface area contributed by atoms with Crippen LogP contribution in [0.5, 0.6) is 0 Å². The Balaban J connectivity index is 2.32. The maximum Gasteiger partial charge on any atom is 0.216 e. The molecule has 2 aromatic heterocycles. The molecule has 5 heteroatoms. The fraction of sp³-hybridized carbons (Fsp3) is 0.556. The molecule has 3 rings (SSSR count). The Bertz CT molecular complexity index is 482. The van der Waals surface area contributed by atoms with Gasteiger partial charge < -0.3 is 5.73 Å². The predicted molar refractivity (Wildman–Crippen MR) is 55.5 cm³/mol. The van der Waals surface area contributed by atoms with Crippen molar-refractivity contribution in [3.8, 4) is 0 Å². The summed E-state index contributed by atoms with van der Waals surface area (Å²) in [6.45, 7) is 1.95. The van der Waals surface area contributed by atoms with E-state index < -0.39 is 0 Å². The molecule has 1 unspecified atom stereocenters. The molecule has 14 heavy (non-hydrogen) atoms. The summed E-state index contributed by atoms with van der Waals surface area (Å²) >= 11 is 1.76. The van der Waals surface area contributed by atoms with Gasteiger partial charge in [-0.15, -0.1) is 10.2 Å². The third kappa shape index (κ3) is 0.965. The third-order valence-corrected chi connectivity index (χ3v) is 3.82. The minimum absolute atomic E-state index is 0.0377. The summed E-state index contributed by atoms with van der Waals surface area (Å²) in [6.07, 6.45) is 3.60. The maximum atomic E-state index is 5.86. The number of thiazole rings is 1. The van der Waals surface area contributed by atoms with Crippen molar-refractivity contribution in [3.63, 3.8) is 0 Å². The van der Waals surface area contributed by atoms with Crippen LogP contribution in [0.2, 0.25) is 0 Å². The van der Waals surface area contributed by atoms with Crippen LogP contribution >= 0.6 is 11.3 Å². The molecular formula is C9H12N4S. The van der Waals surface area contributed by atoms with Gasteiger partial charge in [-0.2, -0.15) is 0 Å². The van der Waals surface area contributed by atoms with E-state index in [4.69, 9.17) is 5.73 Å². The van der Waals surface area contributed by atoms with E-state index in [1.807, 2.05) is 6.92 Å². The van der Waals surface area contributed by atoms with Gasteiger partial charge in [0.15, 0.2) is 5.82 Å². The summed E-state index contributed by atoms with van der Waals surface area (Å²) < 4.78 is 2.15. The summed E-state index contributed by atoms with van der Waals surface area (Å²) in [7, 11) is 0. The molecule has 4 nitrogen and oxygen atoms in total. The Morgan fingerprint density at radius 2 is 2.29 bits per heavy atom. The molecule has 2 aromatic rings. The normalized spacial score (nSPS) is 17.6. The first kappa shape index (κ1) is 8.38. The average molecular weight is 208 g/mol. The van der Waals surface area contributed by atoms with Crippen molar-refractivity contribution in [1.82, 2.24) is 14.6 Å². The second-order valence-electron chi connectivity index (χ2n) is 3.79. The van der Waals surface area contributed by atoms with Gasteiger partial charge in [-0.1, -0.05) is 11.3 Å². The molecule has 0 bridgehead atoms. The minimum Gasteiger partial charge on any atom is -0.322 e. The first-order valence-corrected chi connectivity index (χ1v) is 5.70. The molecular weight excluding hydrogens is 196 g/mol. The highest BCUT2D eigenvalue weighted by molar-refractivity contribution is 7.17. The van der Waals surface area contributed by atoms with Crippen LogP contribution in [0.3, 0.4) is 0 Å². The van der Waals surface area contributed by atoms with Crippen molar-refractivity contribution in [2.24, 2.45) is 5.73 Å². The van der Waals surface area contributed by atoms with Crippen molar-refractivity contribution in [2.75, 3.05) is 0 Å². The highest BCUT2D eigenvalue weighted by Gasteiger charge is 2.22. The SMILES string of the molecule is CC(N)c1nnc2sc3c(n12)CCC3. The van der Waals surface area contributed by atoms with E-state index in [9.17, 15) is 0 Å². The number of hydrogen-bond acceptors (Lipinski definition) is 4. The fourth-order valence-electron chi connectivity index (χ4n) is 2.05. The molecule has 0 amide bonds. The molecule has 0 saturated carbocycles. The van der Waals surface area contributed by atoms with E-state index in [-0.39, 0.29) is 6.04 Å². The molecule has 2 heterocycles. The minimum atomic E-state index is -0.0377. The summed E-state index contributed by atoms with van der Waals surface area (Å²) in [4.78, 5) is 2.47. The Kier molecular flexibility index (Phi) is 1.66. The number of nitrogens with zero attached hydrogens (tertiary/aromatic N) is 3. The van der Waals surface area contributed by atoms with Crippen LogP contribution in [0, 0.1) is 0 Å². The van der Waals surface area contributed by atoms with E-state index in [0.29, 0.717) is 0 Å². The Hall–Kier alpha value is -0.940. The lowest BCUT2D eigenvalue weighted by atomic mass is 10.3. The fourth-order valence-corrected chi connectivity index (χ4v) is 3.21. The molecule has 2 N–H and O–H groups in total. The van der Waals surface area contributed by atoms with Crippen molar-refractivity contribution in [1.29, 1.82) is 0 Å². The van der Waals surface area contributed by atoms with Crippen molar-refractivity contribution >= 4 is 16.3 Å². The Morgan fingerprint density at radius 3 is 3.07 bits per heavy atom. The van der Waals surface area contributed by atoms with Crippen LogP contribution in [-0.2, 0) is 12.8 Å². The van der Waals surface area contributed by atoms with Gasteiger partial charge >= 0.3 is 0 Å². The summed E-state index contributed by atoms with van der Waals surface area (Å²) in [5.74, 6) is 0.902. The summed E-state index contributed by atoms with van der Waals surface area (Å²) in [5.41, 5.74) is 7.25. The van der Waals surface area contributed by atoms with Gasteiger partial charge in [0.1, 0.15) is 0 Å². The summed E-state index contributed by atoms with van der Waals surface area (Å²) in [5, 5.41) is 8.29. The van der Waals surface area contributed by atoms with Gasteiger partial charge in [0, 0.05) is 10.6 Å². The lowest BCUT2D eigenvalue weighted by Crippen LogP contribution is -2.10. The molecule has 0 fully saturated rings. The van der Waals surface area contributed by atoms with E-state index in [0.717, 1.165) is 17.2 Å². The smallest absolute Gasteiger partial charge is 0.216 e. The zero-order chi connectivity index (χ0) is 9.71. The third-order valence-electron chi connectivity index (χ3n) is 2.69. The van der Waals surface area contributed by atoms with E-state index in [1.54, 1.807) is 11.3 Å². The van der Waals surface area contributed by atoms with E-state index >= 15 is 0 Å². The Morgan fingerprint density at radius 1 is 1.43 bits per heavy atom. The Labute approximate surface area is 85.8 Å². The molecule has 1 atom stereocenters.